The van der Waals surface area contributed by atoms with Gasteiger partial charge in [0.15, 0.2) is 5.75 Å². The van der Waals surface area contributed by atoms with Crippen LogP contribution in [-0.2, 0) is 0 Å². The van der Waals surface area contributed by atoms with E-state index in [2.05, 4.69) is 4.65 Å². The van der Waals surface area contributed by atoms with Crippen molar-refractivity contribution in [2.45, 2.75) is 0 Å². The molecule has 0 saturated carbocycles. The molecule has 0 saturated heterocycles. The Morgan fingerprint density at radius 2 is 1.06 bits per heavy atom. The van der Waals surface area contributed by atoms with Gasteiger partial charge >= 0.3 is 7.32 Å². The van der Waals surface area contributed by atoms with Crippen LogP contribution in [-0.4, -0.2) is 36.2 Å². The number of benzene rings is 1. The van der Waals surface area contributed by atoms with Gasteiger partial charge in [0.2, 0.25) is 29.1 Å². The molecular weight excluding hydrogens is 233 g/mol. The van der Waals surface area contributed by atoms with E-state index in [0.29, 0.717) is 0 Å². The first kappa shape index (κ1) is 15.3. The first-order valence-electron chi connectivity index (χ1n) is 3.40. The van der Waals surface area contributed by atoms with Gasteiger partial charge < -0.3 is 14.7 Å². The summed E-state index contributed by atoms with van der Waals surface area (Å²) in [7, 11) is -2.70. The largest absolute Gasteiger partial charge is 0.707 e. The third-order valence-electron chi connectivity index (χ3n) is 1.39. The maximum Gasteiger partial charge on any atom is 0.707 e. The molecule has 1 radical (unpaired) electrons. The summed E-state index contributed by atoms with van der Waals surface area (Å²) >= 11 is 0. The van der Waals surface area contributed by atoms with E-state index in [-0.39, 0.29) is 18.9 Å². The molecule has 16 heavy (non-hydrogen) atoms. The van der Waals surface area contributed by atoms with Crippen LogP contribution in [0.25, 0.3) is 0 Å². The quantitative estimate of drug-likeness (QED) is 0.336. The summed E-state index contributed by atoms with van der Waals surface area (Å²) in [5.41, 5.74) is 0. The molecule has 1 rings (SSSR count). The van der Waals surface area contributed by atoms with Crippen molar-refractivity contribution < 1.29 is 36.7 Å². The average Bonchev–Trinajstić information content (AvgIpc) is 2.18. The second-order valence-corrected chi connectivity index (χ2v) is 2.34. The molecule has 0 unspecified atom stereocenters. The van der Waals surface area contributed by atoms with E-state index >= 15 is 0 Å². The summed E-state index contributed by atoms with van der Waals surface area (Å²) in [6.07, 6.45) is 0. The van der Waals surface area contributed by atoms with Crippen molar-refractivity contribution in [3.63, 3.8) is 0 Å². The minimum atomic E-state index is -2.70. The third-order valence-corrected chi connectivity index (χ3v) is 1.39. The first-order valence-corrected chi connectivity index (χ1v) is 3.40. The number of hydrogen-bond acceptors (Lipinski definition) is 3. The van der Waals surface area contributed by atoms with Crippen LogP contribution in [0.15, 0.2) is 0 Å². The second-order valence-electron chi connectivity index (χ2n) is 2.34. The molecule has 0 aromatic heterocycles. The van der Waals surface area contributed by atoms with Gasteiger partial charge in [-0.15, -0.1) is 0 Å². The van der Waals surface area contributed by atoms with E-state index in [4.69, 9.17) is 10.0 Å². The fraction of sp³-hybridized carbons (Fsp3) is 0. The average molecular weight is 235 g/mol. The van der Waals surface area contributed by atoms with Crippen LogP contribution in [0.5, 0.6) is 5.75 Å². The molecule has 0 bridgehead atoms. The summed E-state index contributed by atoms with van der Waals surface area (Å²) in [6.45, 7) is 0. The Morgan fingerprint density at radius 1 is 0.750 bits per heavy atom. The third kappa shape index (κ3) is 2.68. The molecule has 1 aromatic carbocycles. The summed E-state index contributed by atoms with van der Waals surface area (Å²) in [5.74, 6) is -13.1. The molecule has 1 aromatic rings. The second kappa shape index (κ2) is 5.54. The fourth-order valence-corrected chi connectivity index (χ4v) is 0.794. The minimum Gasteiger partial charge on any atom is -0.507 e. The van der Waals surface area contributed by atoms with E-state index < -0.39 is 42.2 Å². The number of hydrogen-bond donors (Lipinski definition) is 2. The summed E-state index contributed by atoms with van der Waals surface area (Å²) in [5, 5.41) is 16.3. The Morgan fingerprint density at radius 3 is 1.38 bits per heavy atom. The maximum absolute atomic E-state index is 12.7. The van der Waals surface area contributed by atoms with Crippen molar-refractivity contribution in [1.82, 2.24) is 0 Å². The summed E-state index contributed by atoms with van der Waals surface area (Å²) in [6, 6.07) is 0. The van der Waals surface area contributed by atoms with E-state index in [9.17, 15) is 22.0 Å². The summed E-state index contributed by atoms with van der Waals surface area (Å²) < 4.78 is 66.3. The van der Waals surface area contributed by atoms with Crippen molar-refractivity contribution >= 4 is 26.2 Å². The van der Waals surface area contributed by atoms with Crippen LogP contribution in [0.3, 0.4) is 0 Å². The molecule has 83 valence electrons. The van der Waals surface area contributed by atoms with Gasteiger partial charge in [-0.05, 0) is 0 Å². The van der Waals surface area contributed by atoms with Crippen LogP contribution in [0.4, 0.5) is 22.0 Å². The Balaban J connectivity index is 0.00000225. The molecule has 2 N–H and O–H groups in total. The van der Waals surface area contributed by atoms with Gasteiger partial charge in [-0.25, -0.2) is 13.2 Å². The zero-order valence-electron chi connectivity index (χ0n) is 7.77. The number of rotatable bonds is 2. The fourth-order valence-electron chi connectivity index (χ4n) is 0.794. The predicted molar refractivity (Wildman–Crippen MR) is 42.8 cm³/mol. The molecule has 0 heterocycles. The first-order chi connectivity index (χ1) is 6.86. The monoisotopic (exact) mass is 235 g/mol. The van der Waals surface area contributed by atoms with E-state index in [1.807, 2.05) is 0 Å². The normalized spacial score (nSPS) is 9.69. The van der Waals surface area contributed by atoms with Crippen LogP contribution in [0.1, 0.15) is 0 Å². The molecule has 10 heteroatoms. The van der Waals surface area contributed by atoms with Gasteiger partial charge in [0.05, 0.1) is 0 Å². The summed E-state index contributed by atoms with van der Waals surface area (Å²) in [4.78, 5) is 0. The SMILES string of the molecule is OB(O)Oc1c(F)c(F)c(F)c(F)c1F.[Li]. The molecule has 0 atom stereocenters. The van der Waals surface area contributed by atoms with Crippen molar-refractivity contribution in [2.24, 2.45) is 0 Å². The van der Waals surface area contributed by atoms with E-state index in [1.54, 1.807) is 0 Å². The van der Waals surface area contributed by atoms with Gasteiger partial charge in [0, 0.05) is 18.9 Å². The zero-order chi connectivity index (χ0) is 11.7. The molecule has 0 spiro atoms. The standard InChI is InChI=1S/C6H2BF5O3.Li/c8-1-2(9)4(11)6(15-7(13)14)5(12)3(1)10;/h13-14H;. The molecule has 0 fully saturated rings. The van der Waals surface area contributed by atoms with Gasteiger partial charge in [-0.2, -0.15) is 8.78 Å². The van der Waals surface area contributed by atoms with Gasteiger partial charge in [0.25, 0.3) is 0 Å². The van der Waals surface area contributed by atoms with E-state index in [1.165, 1.54) is 0 Å². The molecule has 0 aliphatic carbocycles. The maximum atomic E-state index is 12.7. The smallest absolute Gasteiger partial charge is 0.507 e. The minimum absolute atomic E-state index is 0. The number of halogens is 5. The van der Waals surface area contributed by atoms with Crippen molar-refractivity contribution in [2.75, 3.05) is 0 Å². The zero-order valence-corrected chi connectivity index (χ0v) is 7.77. The van der Waals surface area contributed by atoms with Crippen molar-refractivity contribution in [3.05, 3.63) is 29.1 Å². The Hall–Kier alpha value is -0.748. The predicted octanol–water partition coefficient (Wildman–Crippen LogP) is 0.350. The Labute approximate surface area is 98.2 Å². The van der Waals surface area contributed by atoms with Crippen LogP contribution in [0, 0.1) is 29.1 Å². The van der Waals surface area contributed by atoms with Gasteiger partial charge in [-0.1, -0.05) is 0 Å². The Bertz CT molecular complexity index is 373. The van der Waals surface area contributed by atoms with Gasteiger partial charge in [0.1, 0.15) is 0 Å². The topological polar surface area (TPSA) is 49.7 Å². The molecule has 0 aliphatic rings. The van der Waals surface area contributed by atoms with Crippen LogP contribution < -0.4 is 4.65 Å². The van der Waals surface area contributed by atoms with Crippen LogP contribution >= 0.6 is 0 Å². The van der Waals surface area contributed by atoms with Crippen LogP contribution in [0.2, 0.25) is 0 Å². The Kier molecular flexibility index (Phi) is 5.28. The molecule has 0 amide bonds. The van der Waals surface area contributed by atoms with Crippen molar-refractivity contribution in [1.29, 1.82) is 0 Å². The molecule has 3 nitrogen and oxygen atoms in total. The van der Waals surface area contributed by atoms with Gasteiger partial charge in [-0.3, -0.25) is 0 Å². The van der Waals surface area contributed by atoms with Crippen molar-refractivity contribution in [3.8, 4) is 5.75 Å². The molecule has 0 aliphatic heterocycles. The molecular formula is C6H2BF5LiO3. The van der Waals surface area contributed by atoms with E-state index in [0.717, 1.165) is 0 Å².